The molecule has 15 heavy (non-hydrogen) atoms. The summed E-state index contributed by atoms with van der Waals surface area (Å²) in [6, 6.07) is 0.767. The number of rotatable bonds is 6. The first-order valence-electron chi connectivity index (χ1n) is 6.58. The Bertz CT molecular complexity index is 160. The van der Waals surface area contributed by atoms with Crippen molar-refractivity contribution in [1.82, 2.24) is 10.6 Å². The molecular formula is C13H28N2. The van der Waals surface area contributed by atoms with Gasteiger partial charge in [-0.05, 0) is 50.7 Å². The molecule has 0 atom stereocenters. The van der Waals surface area contributed by atoms with Gasteiger partial charge in [0.1, 0.15) is 0 Å². The molecule has 2 N–H and O–H groups in total. The van der Waals surface area contributed by atoms with Gasteiger partial charge in [0.2, 0.25) is 0 Å². The van der Waals surface area contributed by atoms with Crippen LogP contribution < -0.4 is 10.6 Å². The largest absolute Gasteiger partial charge is 0.317 e. The van der Waals surface area contributed by atoms with E-state index in [0.29, 0.717) is 5.41 Å². The molecule has 1 rings (SSSR count). The summed E-state index contributed by atoms with van der Waals surface area (Å²) in [7, 11) is 0. The summed E-state index contributed by atoms with van der Waals surface area (Å²) < 4.78 is 0. The molecule has 0 aromatic carbocycles. The van der Waals surface area contributed by atoms with Gasteiger partial charge < -0.3 is 10.6 Å². The molecule has 0 amide bonds. The van der Waals surface area contributed by atoms with Gasteiger partial charge in [-0.15, -0.1) is 0 Å². The van der Waals surface area contributed by atoms with E-state index >= 15 is 0 Å². The van der Waals surface area contributed by atoms with Gasteiger partial charge in [-0.3, -0.25) is 0 Å². The van der Waals surface area contributed by atoms with Crippen LogP contribution in [0.3, 0.4) is 0 Å². The van der Waals surface area contributed by atoms with Crippen LogP contribution in [0.25, 0.3) is 0 Å². The highest BCUT2D eigenvalue weighted by Gasteiger charge is 2.17. The fourth-order valence-electron chi connectivity index (χ4n) is 2.44. The van der Waals surface area contributed by atoms with Crippen LogP contribution in [0.15, 0.2) is 0 Å². The Balaban J connectivity index is 2.09. The lowest BCUT2D eigenvalue weighted by molar-refractivity contribution is 0.283. The molecule has 1 saturated heterocycles. The third kappa shape index (κ3) is 5.53. The molecule has 0 unspecified atom stereocenters. The number of hydrogen-bond acceptors (Lipinski definition) is 2. The Kier molecular flexibility index (Phi) is 5.62. The Labute approximate surface area is 95.2 Å². The summed E-state index contributed by atoms with van der Waals surface area (Å²) in [4.78, 5) is 0. The molecule has 0 aromatic rings. The zero-order chi connectivity index (χ0) is 11.1. The molecule has 0 radical (unpaired) electrons. The highest BCUT2D eigenvalue weighted by Crippen LogP contribution is 2.25. The van der Waals surface area contributed by atoms with Crippen molar-refractivity contribution in [3.8, 4) is 0 Å². The minimum Gasteiger partial charge on any atom is -0.317 e. The molecule has 90 valence electrons. The van der Waals surface area contributed by atoms with Crippen LogP contribution in [0, 0.1) is 5.41 Å². The Morgan fingerprint density at radius 2 is 1.87 bits per heavy atom. The Hall–Kier alpha value is -0.0800. The second-order valence-corrected chi connectivity index (χ2v) is 5.64. The monoisotopic (exact) mass is 212 g/mol. The van der Waals surface area contributed by atoms with Gasteiger partial charge in [0.25, 0.3) is 0 Å². The lowest BCUT2D eigenvalue weighted by Gasteiger charge is -2.28. The van der Waals surface area contributed by atoms with E-state index in [1.165, 1.54) is 51.7 Å². The quantitative estimate of drug-likeness (QED) is 0.707. The van der Waals surface area contributed by atoms with E-state index in [1.807, 2.05) is 0 Å². The van der Waals surface area contributed by atoms with Crippen molar-refractivity contribution in [2.75, 3.05) is 19.6 Å². The van der Waals surface area contributed by atoms with Gasteiger partial charge >= 0.3 is 0 Å². The highest BCUT2D eigenvalue weighted by atomic mass is 15.0. The normalized spacial score (nSPS) is 19.4. The van der Waals surface area contributed by atoms with Gasteiger partial charge in [0.05, 0.1) is 0 Å². The summed E-state index contributed by atoms with van der Waals surface area (Å²) >= 11 is 0. The number of nitrogens with one attached hydrogen (secondary N) is 2. The fourth-order valence-corrected chi connectivity index (χ4v) is 2.44. The number of hydrogen-bond donors (Lipinski definition) is 2. The van der Waals surface area contributed by atoms with Crippen LogP contribution in [0.2, 0.25) is 0 Å². The maximum Gasteiger partial charge on any atom is 0.00912 e. The molecule has 0 saturated carbocycles. The standard InChI is InChI=1S/C13H28N2/c1-4-7-13(2,3)8-11-15-12-5-9-14-10-6-12/h12,14-15H,4-11H2,1-3H3. The molecule has 0 spiro atoms. The molecule has 1 heterocycles. The highest BCUT2D eigenvalue weighted by molar-refractivity contribution is 4.76. The second kappa shape index (κ2) is 6.49. The van der Waals surface area contributed by atoms with Gasteiger partial charge in [0, 0.05) is 6.04 Å². The average molecular weight is 212 g/mol. The van der Waals surface area contributed by atoms with Crippen molar-refractivity contribution in [1.29, 1.82) is 0 Å². The summed E-state index contributed by atoms with van der Waals surface area (Å²) in [5.41, 5.74) is 0.522. The predicted molar refractivity (Wildman–Crippen MR) is 67.2 cm³/mol. The molecule has 2 nitrogen and oxygen atoms in total. The van der Waals surface area contributed by atoms with Crippen molar-refractivity contribution in [3.05, 3.63) is 0 Å². The predicted octanol–water partition coefficient (Wildman–Crippen LogP) is 2.54. The average Bonchev–Trinajstić information content (AvgIpc) is 2.19. The van der Waals surface area contributed by atoms with Crippen LogP contribution in [-0.2, 0) is 0 Å². The van der Waals surface area contributed by atoms with E-state index in [4.69, 9.17) is 0 Å². The third-order valence-electron chi connectivity index (χ3n) is 3.50. The Morgan fingerprint density at radius 1 is 1.20 bits per heavy atom. The molecule has 0 aromatic heterocycles. The van der Waals surface area contributed by atoms with Crippen molar-refractivity contribution in [3.63, 3.8) is 0 Å². The van der Waals surface area contributed by atoms with Crippen LogP contribution >= 0.6 is 0 Å². The molecule has 1 aliphatic heterocycles. The van der Waals surface area contributed by atoms with Gasteiger partial charge in [-0.25, -0.2) is 0 Å². The van der Waals surface area contributed by atoms with Crippen LogP contribution in [0.4, 0.5) is 0 Å². The Morgan fingerprint density at radius 3 is 2.47 bits per heavy atom. The molecular weight excluding hydrogens is 184 g/mol. The first-order chi connectivity index (χ1) is 7.14. The van der Waals surface area contributed by atoms with Crippen molar-refractivity contribution < 1.29 is 0 Å². The van der Waals surface area contributed by atoms with E-state index < -0.39 is 0 Å². The SMILES string of the molecule is CCCC(C)(C)CCNC1CCNCC1. The topological polar surface area (TPSA) is 24.1 Å². The maximum absolute atomic E-state index is 3.70. The molecule has 0 aliphatic carbocycles. The van der Waals surface area contributed by atoms with Crippen LogP contribution in [-0.4, -0.2) is 25.7 Å². The van der Waals surface area contributed by atoms with Gasteiger partial charge in [-0.2, -0.15) is 0 Å². The van der Waals surface area contributed by atoms with E-state index in [9.17, 15) is 0 Å². The first kappa shape index (κ1) is 13.0. The smallest absolute Gasteiger partial charge is 0.00912 e. The van der Waals surface area contributed by atoms with Crippen molar-refractivity contribution >= 4 is 0 Å². The van der Waals surface area contributed by atoms with Crippen LogP contribution in [0.1, 0.15) is 52.9 Å². The van der Waals surface area contributed by atoms with Crippen molar-refractivity contribution in [2.24, 2.45) is 5.41 Å². The van der Waals surface area contributed by atoms with E-state index in [0.717, 1.165) is 6.04 Å². The lowest BCUT2D eigenvalue weighted by Crippen LogP contribution is -2.41. The zero-order valence-corrected chi connectivity index (χ0v) is 10.7. The summed E-state index contributed by atoms with van der Waals surface area (Å²) in [5, 5.41) is 7.10. The second-order valence-electron chi connectivity index (χ2n) is 5.64. The summed E-state index contributed by atoms with van der Waals surface area (Å²) in [6.45, 7) is 10.6. The minimum atomic E-state index is 0.522. The third-order valence-corrected chi connectivity index (χ3v) is 3.50. The van der Waals surface area contributed by atoms with Gasteiger partial charge in [-0.1, -0.05) is 27.2 Å². The molecule has 1 aliphatic rings. The van der Waals surface area contributed by atoms with Crippen molar-refractivity contribution in [2.45, 2.75) is 58.9 Å². The van der Waals surface area contributed by atoms with Crippen LogP contribution in [0.5, 0.6) is 0 Å². The van der Waals surface area contributed by atoms with Gasteiger partial charge in [0.15, 0.2) is 0 Å². The molecule has 1 fully saturated rings. The molecule has 0 bridgehead atoms. The van der Waals surface area contributed by atoms with E-state index in [1.54, 1.807) is 0 Å². The number of piperidine rings is 1. The lowest BCUT2D eigenvalue weighted by atomic mass is 9.84. The minimum absolute atomic E-state index is 0.522. The first-order valence-corrected chi connectivity index (χ1v) is 6.58. The maximum atomic E-state index is 3.70. The summed E-state index contributed by atoms with van der Waals surface area (Å²) in [6.07, 6.45) is 6.56. The van der Waals surface area contributed by atoms with E-state index in [-0.39, 0.29) is 0 Å². The van der Waals surface area contributed by atoms with E-state index in [2.05, 4.69) is 31.4 Å². The molecule has 2 heteroatoms. The summed E-state index contributed by atoms with van der Waals surface area (Å²) in [5.74, 6) is 0. The fraction of sp³-hybridized carbons (Fsp3) is 1.00. The zero-order valence-electron chi connectivity index (χ0n) is 10.7.